The predicted molar refractivity (Wildman–Crippen MR) is 121 cm³/mol. The number of amides is 1. The van der Waals surface area contributed by atoms with Crippen LogP contribution < -0.4 is 0 Å². The number of fused-ring (bicyclic) bond motifs is 1. The molecule has 1 aromatic heterocycles. The average Bonchev–Trinajstić information content (AvgIpc) is 3.18. The number of carbonyl (C=O) groups excluding carboxylic acids is 2. The lowest BCUT2D eigenvalue weighted by atomic mass is 9.97. The molecule has 1 aliphatic heterocycles. The van der Waals surface area contributed by atoms with Crippen LogP contribution >= 0.6 is 0 Å². The Hall–Kier alpha value is -3.20. The van der Waals surface area contributed by atoms with Gasteiger partial charge in [0.2, 0.25) is 5.91 Å². The van der Waals surface area contributed by atoms with Crippen LogP contribution in [0, 0.1) is 11.7 Å². The van der Waals surface area contributed by atoms with Crippen LogP contribution in [0.2, 0.25) is 0 Å². The van der Waals surface area contributed by atoms with Gasteiger partial charge in [-0.15, -0.1) is 0 Å². The third-order valence-corrected chi connectivity index (χ3v) is 7.73. The topological polar surface area (TPSA) is 85.7 Å². The summed E-state index contributed by atoms with van der Waals surface area (Å²) < 4.78 is 46.3. The lowest BCUT2D eigenvalue weighted by Crippen LogP contribution is -2.41. The summed E-state index contributed by atoms with van der Waals surface area (Å²) in [6, 6.07) is 12.5. The van der Waals surface area contributed by atoms with Gasteiger partial charge in [-0.25, -0.2) is 12.8 Å². The Kier molecular flexibility index (Phi) is 6.51. The Morgan fingerprint density at radius 3 is 2.52 bits per heavy atom. The van der Waals surface area contributed by atoms with Crippen molar-refractivity contribution in [3.63, 3.8) is 0 Å². The first-order valence-corrected chi connectivity index (χ1v) is 12.3. The molecule has 0 unspecified atom stereocenters. The maximum atomic E-state index is 13.5. The van der Waals surface area contributed by atoms with Gasteiger partial charge in [-0.1, -0.05) is 30.3 Å². The number of benzene rings is 2. The maximum Gasteiger partial charge on any atom is 0.308 e. The van der Waals surface area contributed by atoms with Crippen LogP contribution in [0.1, 0.15) is 18.4 Å². The summed E-state index contributed by atoms with van der Waals surface area (Å²) in [6.45, 7) is 0.879. The number of halogens is 1. The number of piperidine rings is 1. The Morgan fingerprint density at radius 2 is 1.82 bits per heavy atom. The number of rotatable bonds is 6. The summed E-state index contributed by atoms with van der Waals surface area (Å²) in [7, 11) is -2.42. The van der Waals surface area contributed by atoms with E-state index >= 15 is 0 Å². The van der Waals surface area contributed by atoms with E-state index in [1.165, 1.54) is 31.5 Å². The molecule has 1 aliphatic rings. The van der Waals surface area contributed by atoms with Crippen molar-refractivity contribution in [3.05, 3.63) is 66.1 Å². The van der Waals surface area contributed by atoms with Gasteiger partial charge in [-0.05, 0) is 36.6 Å². The van der Waals surface area contributed by atoms with Gasteiger partial charge >= 0.3 is 5.97 Å². The molecule has 0 saturated carbocycles. The van der Waals surface area contributed by atoms with E-state index in [9.17, 15) is 22.4 Å². The number of ether oxygens (including phenoxy) is 1. The lowest BCUT2D eigenvalue weighted by molar-refractivity contribution is -0.149. The average molecular weight is 473 g/mol. The third kappa shape index (κ3) is 4.93. The predicted octanol–water partition coefficient (Wildman–Crippen LogP) is 3.17. The number of hydrogen-bond acceptors (Lipinski definition) is 5. The number of aromatic nitrogens is 1. The Labute approximate surface area is 191 Å². The largest absolute Gasteiger partial charge is 0.469 e. The molecule has 4 rings (SSSR count). The summed E-state index contributed by atoms with van der Waals surface area (Å²) in [5.41, 5.74) is 0.990. The molecule has 7 nitrogen and oxygen atoms in total. The number of hydrogen-bond donors (Lipinski definition) is 0. The molecule has 0 radical (unpaired) electrons. The van der Waals surface area contributed by atoms with Gasteiger partial charge in [0.05, 0.1) is 23.7 Å². The Morgan fingerprint density at radius 1 is 1.09 bits per heavy atom. The molecule has 3 aromatic rings. The summed E-state index contributed by atoms with van der Waals surface area (Å²) >= 11 is 0. The first kappa shape index (κ1) is 23.0. The second-order valence-corrected chi connectivity index (χ2v) is 10.2. The monoisotopic (exact) mass is 472 g/mol. The van der Waals surface area contributed by atoms with Crippen LogP contribution in [0.5, 0.6) is 0 Å². The van der Waals surface area contributed by atoms with Crippen molar-refractivity contribution in [2.45, 2.75) is 30.0 Å². The van der Waals surface area contributed by atoms with Crippen LogP contribution in [0.3, 0.4) is 0 Å². The number of likely N-dealkylation sites (tertiary alicyclic amines) is 1. The van der Waals surface area contributed by atoms with Crippen LogP contribution in [-0.2, 0) is 36.5 Å². The zero-order chi connectivity index (χ0) is 23.6. The standard InChI is InChI=1S/C24H25FN2O5S/c1-32-24(29)18-9-11-26(12-10-18)23(28)15-27-14-22(20-7-2-3-8-21(20)27)33(30,31)16-17-5-4-6-19(25)13-17/h2-8,13-14,18H,9-12,15-16H2,1H3. The first-order chi connectivity index (χ1) is 15.8. The molecular formula is C24H25FN2O5S. The Balaban J connectivity index is 1.56. The van der Waals surface area contributed by atoms with Crippen molar-refractivity contribution >= 4 is 32.6 Å². The molecule has 0 atom stereocenters. The normalized spacial score (nSPS) is 15.0. The van der Waals surface area contributed by atoms with Crippen molar-refractivity contribution < 1.29 is 27.1 Å². The molecule has 2 heterocycles. The van der Waals surface area contributed by atoms with Crippen molar-refractivity contribution in [1.82, 2.24) is 9.47 Å². The molecule has 174 valence electrons. The van der Waals surface area contributed by atoms with Crippen molar-refractivity contribution in [2.24, 2.45) is 5.92 Å². The van der Waals surface area contributed by atoms with Crippen molar-refractivity contribution in [2.75, 3.05) is 20.2 Å². The van der Waals surface area contributed by atoms with E-state index in [-0.39, 0.29) is 35.0 Å². The molecule has 2 aromatic carbocycles. The quantitative estimate of drug-likeness (QED) is 0.515. The number of esters is 1. The van der Waals surface area contributed by atoms with Gasteiger partial charge in [0.15, 0.2) is 9.84 Å². The number of para-hydroxylation sites is 1. The van der Waals surface area contributed by atoms with Crippen LogP contribution in [0.15, 0.2) is 59.6 Å². The minimum atomic E-state index is -3.78. The third-order valence-electron chi connectivity index (χ3n) is 6.02. The van der Waals surface area contributed by atoms with E-state index in [1.54, 1.807) is 39.8 Å². The molecule has 9 heteroatoms. The van der Waals surface area contributed by atoms with E-state index < -0.39 is 15.7 Å². The minimum Gasteiger partial charge on any atom is -0.469 e. The van der Waals surface area contributed by atoms with Gasteiger partial charge in [0.25, 0.3) is 0 Å². The van der Waals surface area contributed by atoms with E-state index in [4.69, 9.17) is 4.74 Å². The maximum absolute atomic E-state index is 13.5. The fourth-order valence-electron chi connectivity index (χ4n) is 4.29. The highest BCUT2D eigenvalue weighted by atomic mass is 32.2. The van der Waals surface area contributed by atoms with Crippen LogP contribution in [0.4, 0.5) is 4.39 Å². The van der Waals surface area contributed by atoms with Crippen molar-refractivity contribution in [1.29, 1.82) is 0 Å². The fraction of sp³-hybridized carbons (Fsp3) is 0.333. The second kappa shape index (κ2) is 9.35. The summed E-state index contributed by atoms with van der Waals surface area (Å²) in [5.74, 6) is -1.44. The van der Waals surface area contributed by atoms with E-state index in [0.717, 1.165) is 0 Å². The number of methoxy groups -OCH3 is 1. The van der Waals surface area contributed by atoms with Gasteiger partial charge in [-0.2, -0.15) is 0 Å². The van der Waals surface area contributed by atoms with Gasteiger partial charge < -0.3 is 14.2 Å². The summed E-state index contributed by atoms with van der Waals surface area (Å²) in [6.07, 6.45) is 2.56. The Bertz CT molecular complexity index is 1290. The van der Waals surface area contributed by atoms with Gasteiger partial charge in [0, 0.05) is 30.2 Å². The van der Waals surface area contributed by atoms with Crippen LogP contribution in [-0.4, -0.2) is 50.0 Å². The first-order valence-electron chi connectivity index (χ1n) is 10.7. The number of sulfone groups is 1. The van der Waals surface area contributed by atoms with Crippen molar-refractivity contribution in [3.8, 4) is 0 Å². The molecule has 1 saturated heterocycles. The molecule has 1 amide bonds. The number of carbonyl (C=O) groups is 2. The molecule has 0 N–H and O–H groups in total. The lowest BCUT2D eigenvalue weighted by Gasteiger charge is -2.30. The zero-order valence-corrected chi connectivity index (χ0v) is 19.1. The smallest absolute Gasteiger partial charge is 0.308 e. The van der Waals surface area contributed by atoms with E-state index in [1.807, 2.05) is 0 Å². The highest BCUT2D eigenvalue weighted by molar-refractivity contribution is 7.90. The summed E-state index contributed by atoms with van der Waals surface area (Å²) in [5, 5.41) is 0.520. The van der Waals surface area contributed by atoms with Crippen LogP contribution in [0.25, 0.3) is 10.9 Å². The highest BCUT2D eigenvalue weighted by Crippen LogP contribution is 2.28. The summed E-state index contributed by atoms with van der Waals surface area (Å²) in [4.78, 5) is 26.5. The molecule has 0 spiro atoms. The zero-order valence-electron chi connectivity index (χ0n) is 18.2. The molecule has 0 aliphatic carbocycles. The van der Waals surface area contributed by atoms with E-state index in [2.05, 4.69) is 0 Å². The molecular weight excluding hydrogens is 447 g/mol. The second-order valence-electron chi connectivity index (χ2n) is 8.21. The minimum absolute atomic E-state index is 0.0150. The van der Waals surface area contributed by atoms with Gasteiger partial charge in [-0.3, -0.25) is 9.59 Å². The number of nitrogens with zero attached hydrogens (tertiary/aromatic N) is 2. The molecule has 1 fully saturated rings. The molecule has 33 heavy (non-hydrogen) atoms. The molecule has 0 bridgehead atoms. The van der Waals surface area contributed by atoms with E-state index in [0.29, 0.717) is 42.4 Å². The van der Waals surface area contributed by atoms with Gasteiger partial charge in [0.1, 0.15) is 12.4 Å². The fourth-order valence-corrected chi connectivity index (χ4v) is 5.86. The SMILES string of the molecule is COC(=O)C1CCN(C(=O)Cn2cc(S(=O)(=O)Cc3cccc(F)c3)c3ccccc32)CC1. The highest BCUT2D eigenvalue weighted by Gasteiger charge is 2.29.